The third kappa shape index (κ3) is 2.51. The van der Waals surface area contributed by atoms with E-state index < -0.39 is 0 Å². The molecule has 3 N–H and O–H groups in total. The molecule has 94 valence electrons. The van der Waals surface area contributed by atoms with Crippen LogP contribution < -0.4 is 15.8 Å². The lowest BCUT2D eigenvalue weighted by atomic mass is 10.2. The highest BCUT2D eigenvalue weighted by Gasteiger charge is 2.07. The molecule has 0 spiro atoms. The highest BCUT2D eigenvalue weighted by molar-refractivity contribution is 6.33. The van der Waals surface area contributed by atoms with Crippen LogP contribution in [0.5, 0.6) is 5.75 Å². The molecule has 2 aromatic carbocycles. The predicted octanol–water partition coefficient (Wildman–Crippen LogP) is 3.98. The summed E-state index contributed by atoms with van der Waals surface area (Å²) < 4.78 is 5.18. The maximum absolute atomic E-state index is 6.14. The summed E-state index contributed by atoms with van der Waals surface area (Å²) in [6.45, 7) is 2.01. The van der Waals surface area contributed by atoms with Gasteiger partial charge in [-0.05, 0) is 36.8 Å². The van der Waals surface area contributed by atoms with Crippen molar-refractivity contribution in [3.63, 3.8) is 0 Å². The van der Waals surface area contributed by atoms with Crippen LogP contribution in [0, 0.1) is 6.92 Å². The van der Waals surface area contributed by atoms with E-state index in [-0.39, 0.29) is 0 Å². The van der Waals surface area contributed by atoms with Gasteiger partial charge in [0.1, 0.15) is 5.75 Å². The summed E-state index contributed by atoms with van der Waals surface area (Å²) in [5.41, 5.74) is 9.30. The van der Waals surface area contributed by atoms with Gasteiger partial charge >= 0.3 is 0 Å². The number of nitrogen functional groups attached to an aromatic ring is 1. The van der Waals surface area contributed by atoms with Gasteiger partial charge in [-0.2, -0.15) is 0 Å². The fourth-order valence-corrected chi connectivity index (χ4v) is 1.88. The molecule has 3 nitrogen and oxygen atoms in total. The molecule has 0 aliphatic carbocycles. The van der Waals surface area contributed by atoms with Crippen LogP contribution in [0.3, 0.4) is 0 Å². The largest absolute Gasteiger partial charge is 0.495 e. The number of ether oxygens (including phenoxy) is 1. The second kappa shape index (κ2) is 5.19. The summed E-state index contributed by atoms with van der Waals surface area (Å²) >= 11 is 6.14. The molecular formula is C14H15ClN2O. The Labute approximate surface area is 112 Å². The predicted molar refractivity (Wildman–Crippen MR) is 76.9 cm³/mol. The first kappa shape index (κ1) is 12.6. The lowest BCUT2D eigenvalue weighted by molar-refractivity contribution is 0.417. The van der Waals surface area contributed by atoms with Crippen LogP contribution in [0.15, 0.2) is 36.4 Å². The number of aryl methyl sites for hydroxylation is 1. The zero-order valence-electron chi connectivity index (χ0n) is 10.3. The molecule has 0 bridgehead atoms. The Morgan fingerprint density at radius 2 is 1.94 bits per heavy atom. The molecular weight excluding hydrogens is 248 g/mol. The molecule has 0 saturated carbocycles. The first-order valence-corrected chi connectivity index (χ1v) is 5.95. The summed E-state index contributed by atoms with van der Waals surface area (Å²) in [5.74, 6) is 0.642. The molecule has 0 aromatic heterocycles. The van der Waals surface area contributed by atoms with Gasteiger partial charge in [-0.3, -0.25) is 0 Å². The Hall–Kier alpha value is -1.87. The fraction of sp³-hybridized carbons (Fsp3) is 0.143. The number of para-hydroxylation sites is 1. The van der Waals surface area contributed by atoms with Crippen molar-refractivity contribution in [2.45, 2.75) is 6.92 Å². The van der Waals surface area contributed by atoms with E-state index in [0.29, 0.717) is 16.5 Å². The van der Waals surface area contributed by atoms with Gasteiger partial charge in [-0.1, -0.05) is 23.7 Å². The quantitative estimate of drug-likeness (QED) is 0.823. The molecule has 0 fully saturated rings. The summed E-state index contributed by atoms with van der Waals surface area (Å²) in [7, 11) is 1.59. The topological polar surface area (TPSA) is 47.3 Å². The van der Waals surface area contributed by atoms with Crippen molar-refractivity contribution in [3.8, 4) is 5.75 Å². The Morgan fingerprint density at radius 1 is 1.17 bits per heavy atom. The van der Waals surface area contributed by atoms with E-state index in [1.165, 1.54) is 0 Å². The Balaban J connectivity index is 2.37. The molecule has 0 amide bonds. The third-order valence-corrected chi connectivity index (χ3v) is 3.01. The zero-order valence-corrected chi connectivity index (χ0v) is 11.1. The molecule has 0 aliphatic rings. The van der Waals surface area contributed by atoms with Crippen molar-refractivity contribution in [1.29, 1.82) is 0 Å². The van der Waals surface area contributed by atoms with Gasteiger partial charge in [0, 0.05) is 0 Å². The molecule has 0 radical (unpaired) electrons. The second-order valence-electron chi connectivity index (χ2n) is 4.03. The number of anilines is 3. The average molecular weight is 263 g/mol. The highest BCUT2D eigenvalue weighted by Crippen LogP contribution is 2.33. The van der Waals surface area contributed by atoms with Crippen LogP contribution in [0.25, 0.3) is 0 Å². The van der Waals surface area contributed by atoms with E-state index >= 15 is 0 Å². The van der Waals surface area contributed by atoms with Crippen LogP contribution in [0.2, 0.25) is 5.02 Å². The number of rotatable bonds is 3. The van der Waals surface area contributed by atoms with Gasteiger partial charge < -0.3 is 15.8 Å². The van der Waals surface area contributed by atoms with Crippen LogP contribution in [0.1, 0.15) is 5.56 Å². The first-order chi connectivity index (χ1) is 8.61. The zero-order chi connectivity index (χ0) is 13.1. The van der Waals surface area contributed by atoms with Gasteiger partial charge in [0.25, 0.3) is 0 Å². The average Bonchev–Trinajstić information content (AvgIpc) is 2.36. The summed E-state index contributed by atoms with van der Waals surface area (Å²) in [5, 5.41) is 3.87. The molecule has 0 saturated heterocycles. The lowest BCUT2D eigenvalue weighted by Crippen LogP contribution is -1.99. The molecule has 2 aromatic rings. The molecule has 0 unspecified atom stereocenters. The van der Waals surface area contributed by atoms with Gasteiger partial charge in [-0.25, -0.2) is 0 Å². The second-order valence-corrected chi connectivity index (χ2v) is 4.44. The smallest absolute Gasteiger partial charge is 0.143 e. The summed E-state index contributed by atoms with van der Waals surface area (Å²) in [4.78, 5) is 0. The standard InChI is InChI=1S/C14H15ClN2O/c1-9-6-7-10(15)12(8-9)17-11-4-3-5-13(18-2)14(11)16/h3-8,17H,16H2,1-2H3. The van der Waals surface area contributed by atoms with Crippen molar-refractivity contribution < 1.29 is 4.74 Å². The maximum Gasteiger partial charge on any atom is 0.143 e. The monoisotopic (exact) mass is 262 g/mol. The number of hydrogen-bond acceptors (Lipinski definition) is 3. The fourth-order valence-electron chi connectivity index (χ4n) is 1.71. The van der Waals surface area contributed by atoms with E-state index in [9.17, 15) is 0 Å². The normalized spacial score (nSPS) is 10.2. The van der Waals surface area contributed by atoms with Crippen molar-refractivity contribution in [2.75, 3.05) is 18.2 Å². The molecule has 0 atom stereocenters. The van der Waals surface area contributed by atoms with E-state index in [2.05, 4.69) is 5.32 Å². The van der Waals surface area contributed by atoms with Gasteiger partial charge in [0.2, 0.25) is 0 Å². The molecule has 18 heavy (non-hydrogen) atoms. The number of nitrogens with two attached hydrogens (primary N) is 1. The minimum Gasteiger partial charge on any atom is -0.495 e. The Morgan fingerprint density at radius 3 is 2.67 bits per heavy atom. The van der Waals surface area contributed by atoms with Crippen LogP contribution >= 0.6 is 11.6 Å². The van der Waals surface area contributed by atoms with E-state index in [1.54, 1.807) is 7.11 Å². The number of nitrogens with one attached hydrogen (secondary N) is 1. The first-order valence-electron chi connectivity index (χ1n) is 5.57. The van der Waals surface area contributed by atoms with Gasteiger partial charge in [0.15, 0.2) is 0 Å². The number of hydrogen-bond donors (Lipinski definition) is 2. The number of halogens is 1. The lowest BCUT2D eigenvalue weighted by Gasteiger charge is -2.13. The van der Waals surface area contributed by atoms with Crippen LogP contribution in [-0.4, -0.2) is 7.11 Å². The Bertz CT molecular complexity index is 570. The van der Waals surface area contributed by atoms with Crippen molar-refractivity contribution in [3.05, 3.63) is 47.0 Å². The third-order valence-electron chi connectivity index (χ3n) is 2.68. The van der Waals surface area contributed by atoms with E-state index in [1.807, 2.05) is 43.3 Å². The van der Waals surface area contributed by atoms with E-state index in [0.717, 1.165) is 16.9 Å². The highest BCUT2D eigenvalue weighted by atomic mass is 35.5. The Kier molecular flexibility index (Phi) is 3.63. The van der Waals surface area contributed by atoms with E-state index in [4.69, 9.17) is 22.1 Å². The number of benzene rings is 2. The summed E-state index contributed by atoms with van der Waals surface area (Å²) in [6, 6.07) is 11.4. The van der Waals surface area contributed by atoms with Crippen LogP contribution in [-0.2, 0) is 0 Å². The van der Waals surface area contributed by atoms with Crippen molar-refractivity contribution in [1.82, 2.24) is 0 Å². The minimum atomic E-state index is 0.567. The molecule has 0 aliphatic heterocycles. The van der Waals surface area contributed by atoms with Gasteiger partial charge in [0.05, 0.1) is 29.2 Å². The number of methoxy groups -OCH3 is 1. The van der Waals surface area contributed by atoms with Crippen molar-refractivity contribution in [2.24, 2.45) is 0 Å². The van der Waals surface area contributed by atoms with Crippen LogP contribution in [0.4, 0.5) is 17.1 Å². The molecule has 4 heteroatoms. The maximum atomic E-state index is 6.14. The molecule has 0 heterocycles. The SMILES string of the molecule is COc1cccc(Nc2cc(C)ccc2Cl)c1N. The molecule has 2 rings (SSSR count). The van der Waals surface area contributed by atoms with Gasteiger partial charge in [-0.15, -0.1) is 0 Å². The van der Waals surface area contributed by atoms with Crippen molar-refractivity contribution >= 4 is 28.7 Å². The minimum absolute atomic E-state index is 0.567. The summed E-state index contributed by atoms with van der Waals surface area (Å²) in [6.07, 6.45) is 0.